The summed E-state index contributed by atoms with van der Waals surface area (Å²) in [5.41, 5.74) is 2.04. The maximum absolute atomic E-state index is 13.3. The van der Waals surface area contributed by atoms with Gasteiger partial charge in [-0.15, -0.1) is 0 Å². The first-order valence-electron chi connectivity index (χ1n) is 9.26. The number of hydrogen-bond donors (Lipinski definition) is 0. The molecule has 0 spiro atoms. The Balaban J connectivity index is 1.66. The number of benzene rings is 2. The molecule has 1 aliphatic rings. The van der Waals surface area contributed by atoms with Gasteiger partial charge in [-0.1, -0.05) is 31.5 Å². The van der Waals surface area contributed by atoms with Gasteiger partial charge in [-0.2, -0.15) is 0 Å². The van der Waals surface area contributed by atoms with E-state index in [4.69, 9.17) is 13.9 Å². The number of rotatable bonds is 8. The van der Waals surface area contributed by atoms with E-state index >= 15 is 0 Å². The monoisotopic (exact) mass is 428 g/mol. The second kappa shape index (κ2) is 7.87. The lowest BCUT2D eigenvalue weighted by Crippen LogP contribution is -2.07. The second-order valence-corrected chi connectivity index (χ2v) is 7.59. The van der Waals surface area contributed by atoms with Crippen molar-refractivity contribution < 1.29 is 18.7 Å². The summed E-state index contributed by atoms with van der Waals surface area (Å²) in [5, 5.41) is 0.871. The minimum Gasteiger partial charge on any atom is -0.490 e. The predicted octanol–water partition coefficient (Wildman–Crippen LogP) is 5.55. The summed E-state index contributed by atoms with van der Waals surface area (Å²) in [7, 11) is 0. The van der Waals surface area contributed by atoms with Crippen molar-refractivity contribution in [1.82, 2.24) is 0 Å². The summed E-state index contributed by atoms with van der Waals surface area (Å²) in [6.45, 7) is 3.41. The highest BCUT2D eigenvalue weighted by Gasteiger charge is 2.24. The highest BCUT2D eigenvalue weighted by molar-refractivity contribution is 9.10. The van der Waals surface area contributed by atoms with Gasteiger partial charge in [0.1, 0.15) is 29.8 Å². The van der Waals surface area contributed by atoms with E-state index in [0.29, 0.717) is 23.5 Å². The van der Waals surface area contributed by atoms with Crippen LogP contribution in [0.2, 0.25) is 0 Å². The Bertz CT molecular complexity index is 972. The number of epoxide rings is 1. The number of halogens is 1. The number of carbonyl (C=O) groups excluding carboxylic acids is 1. The van der Waals surface area contributed by atoms with Crippen molar-refractivity contribution in [2.75, 3.05) is 13.2 Å². The number of carbonyl (C=O) groups is 1. The molecule has 1 atom stereocenters. The van der Waals surface area contributed by atoms with Gasteiger partial charge in [0, 0.05) is 17.4 Å². The fourth-order valence-corrected chi connectivity index (χ4v) is 3.60. The van der Waals surface area contributed by atoms with Gasteiger partial charge in [-0.3, -0.25) is 4.79 Å². The Hall–Kier alpha value is -2.11. The Morgan fingerprint density at radius 3 is 2.81 bits per heavy atom. The molecule has 1 fully saturated rings. The van der Waals surface area contributed by atoms with Crippen molar-refractivity contribution in [3.8, 4) is 5.75 Å². The SMILES string of the molecule is CCCCc1oc2ccccc2c1C(=O)c1ccc(OCC2CO2)c(Br)c1. The number of hydrogen-bond acceptors (Lipinski definition) is 4. The quantitative estimate of drug-likeness (QED) is 0.348. The van der Waals surface area contributed by atoms with E-state index in [9.17, 15) is 4.79 Å². The Kier molecular flexibility index (Phi) is 5.32. The summed E-state index contributed by atoms with van der Waals surface area (Å²) in [6.07, 6.45) is 2.99. The van der Waals surface area contributed by atoms with Gasteiger partial charge in [0.25, 0.3) is 0 Å². The van der Waals surface area contributed by atoms with E-state index in [-0.39, 0.29) is 11.9 Å². The lowest BCUT2D eigenvalue weighted by Gasteiger charge is -2.09. The van der Waals surface area contributed by atoms with Crippen molar-refractivity contribution >= 4 is 32.7 Å². The molecule has 1 aromatic heterocycles. The third kappa shape index (κ3) is 3.94. The highest BCUT2D eigenvalue weighted by atomic mass is 79.9. The van der Waals surface area contributed by atoms with Crippen molar-refractivity contribution in [1.29, 1.82) is 0 Å². The van der Waals surface area contributed by atoms with Crippen LogP contribution in [0.3, 0.4) is 0 Å². The highest BCUT2D eigenvalue weighted by Crippen LogP contribution is 2.32. The van der Waals surface area contributed by atoms with Gasteiger partial charge in [-0.05, 0) is 46.6 Å². The average Bonchev–Trinajstić information content (AvgIpc) is 3.43. The van der Waals surface area contributed by atoms with Crippen molar-refractivity contribution in [3.63, 3.8) is 0 Å². The topological polar surface area (TPSA) is 52.0 Å². The van der Waals surface area contributed by atoms with Crippen LogP contribution in [0.4, 0.5) is 0 Å². The Morgan fingerprint density at radius 1 is 1.26 bits per heavy atom. The van der Waals surface area contributed by atoms with Gasteiger partial charge < -0.3 is 13.9 Å². The normalized spacial score (nSPS) is 15.9. The molecule has 0 bridgehead atoms. The molecule has 5 heteroatoms. The van der Waals surface area contributed by atoms with E-state index in [1.807, 2.05) is 42.5 Å². The zero-order chi connectivity index (χ0) is 18.8. The maximum atomic E-state index is 13.3. The molecule has 27 heavy (non-hydrogen) atoms. The van der Waals surface area contributed by atoms with Crippen molar-refractivity contribution in [2.45, 2.75) is 32.3 Å². The molecule has 0 N–H and O–H groups in total. The number of aryl methyl sites for hydroxylation is 1. The van der Waals surface area contributed by atoms with Crippen molar-refractivity contribution in [2.24, 2.45) is 0 Å². The van der Waals surface area contributed by atoms with Gasteiger partial charge in [0.15, 0.2) is 5.78 Å². The Labute approximate surface area is 166 Å². The fourth-order valence-electron chi connectivity index (χ4n) is 3.11. The molecule has 4 nitrogen and oxygen atoms in total. The molecule has 4 rings (SSSR count). The first-order chi connectivity index (χ1) is 13.2. The van der Waals surface area contributed by atoms with Crippen LogP contribution in [0.15, 0.2) is 51.4 Å². The van der Waals surface area contributed by atoms with E-state index in [1.54, 1.807) is 0 Å². The van der Waals surface area contributed by atoms with E-state index < -0.39 is 0 Å². The third-order valence-electron chi connectivity index (χ3n) is 4.67. The summed E-state index contributed by atoms with van der Waals surface area (Å²) >= 11 is 3.52. The predicted molar refractivity (Wildman–Crippen MR) is 108 cm³/mol. The van der Waals surface area contributed by atoms with Gasteiger partial charge in [0.2, 0.25) is 0 Å². The average molecular weight is 429 g/mol. The van der Waals surface area contributed by atoms with Crippen LogP contribution in [0.1, 0.15) is 41.4 Å². The minimum atomic E-state index is -0.0242. The van der Waals surface area contributed by atoms with Crippen LogP contribution in [0.25, 0.3) is 11.0 Å². The lowest BCUT2D eigenvalue weighted by molar-refractivity contribution is 0.103. The number of furan rings is 1. The summed E-state index contributed by atoms with van der Waals surface area (Å²) < 4.78 is 17.7. The molecule has 0 radical (unpaired) electrons. The molecule has 2 aromatic carbocycles. The summed E-state index contributed by atoms with van der Waals surface area (Å²) in [5.74, 6) is 1.46. The number of para-hydroxylation sites is 1. The molecule has 0 aliphatic carbocycles. The number of ether oxygens (including phenoxy) is 2. The molecule has 1 unspecified atom stereocenters. The van der Waals surface area contributed by atoms with E-state index in [0.717, 1.165) is 47.1 Å². The van der Waals surface area contributed by atoms with Crippen LogP contribution >= 0.6 is 15.9 Å². The molecule has 2 heterocycles. The zero-order valence-electron chi connectivity index (χ0n) is 15.2. The molecule has 0 saturated carbocycles. The molecule has 1 aliphatic heterocycles. The summed E-state index contributed by atoms with van der Waals surface area (Å²) in [6, 6.07) is 13.2. The lowest BCUT2D eigenvalue weighted by atomic mass is 9.98. The molecular weight excluding hydrogens is 408 g/mol. The second-order valence-electron chi connectivity index (χ2n) is 6.74. The third-order valence-corrected chi connectivity index (χ3v) is 5.29. The first kappa shape index (κ1) is 18.3. The van der Waals surface area contributed by atoms with Crippen LogP contribution in [-0.2, 0) is 11.2 Å². The largest absolute Gasteiger partial charge is 0.490 e. The van der Waals surface area contributed by atoms with Gasteiger partial charge >= 0.3 is 0 Å². The van der Waals surface area contributed by atoms with Crippen LogP contribution in [0.5, 0.6) is 5.75 Å². The molecule has 1 saturated heterocycles. The van der Waals surface area contributed by atoms with Crippen molar-refractivity contribution in [3.05, 3.63) is 63.8 Å². The van der Waals surface area contributed by atoms with Crippen LogP contribution in [0, 0.1) is 0 Å². The molecule has 140 valence electrons. The molecular formula is C22H21BrO4. The van der Waals surface area contributed by atoms with Crippen LogP contribution in [-0.4, -0.2) is 25.1 Å². The van der Waals surface area contributed by atoms with E-state index in [1.165, 1.54) is 0 Å². The smallest absolute Gasteiger partial charge is 0.197 e. The standard InChI is InChI=1S/C22H21BrO4/c1-2-3-7-20-21(16-6-4-5-8-18(16)27-20)22(24)14-9-10-19(17(23)11-14)26-13-15-12-25-15/h4-6,8-11,15H,2-3,7,12-13H2,1H3. The Morgan fingerprint density at radius 2 is 2.07 bits per heavy atom. The maximum Gasteiger partial charge on any atom is 0.197 e. The molecule has 0 amide bonds. The first-order valence-corrected chi connectivity index (χ1v) is 10.1. The number of fused-ring (bicyclic) bond motifs is 1. The zero-order valence-corrected chi connectivity index (χ0v) is 16.8. The van der Waals surface area contributed by atoms with Gasteiger partial charge in [-0.25, -0.2) is 0 Å². The fraction of sp³-hybridized carbons (Fsp3) is 0.318. The number of unbranched alkanes of at least 4 members (excludes halogenated alkanes) is 1. The minimum absolute atomic E-state index is 0.0242. The summed E-state index contributed by atoms with van der Waals surface area (Å²) in [4.78, 5) is 13.3. The van der Waals surface area contributed by atoms with Gasteiger partial charge in [0.05, 0.1) is 16.6 Å². The number of ketones is 1. The van der Waals surface area contributed by atoms with Crippen LogP contribution < -0.4 is 4.74 Å². The molecule has 3 aromatic rings. The van der Waals surface area contributed by atoms with E-state index in [2.05, 4.69) is 22.9 Å².